The van der Waals surface area contributed by atoms with Crippen molar-refractivity contribution in [1.29, 1.82) is 0 Å². The Hall–Kier alpha value is -2.79. The molecule has 0 saturated carbocycles. The van der Waals surface area contributed by atoms with Gasteiger partial charge in [0.25, 0.3) is 0 Å². The molecule has 1 aromatic heterocycles. The summed E-state index contributed by atoms with van der Waals surface area (Å²) in [7, 11) is 0. The summed E-state index contributed by atoms with van der Waals surface area (Å²) in [4.78, 5) is 49.7. The van der Waals surface area contributed by atoms with Gasteiger partial charge in [-0.25, -0.2) is 4.79 Å². The van der Waals surface area contributed by atoms with Crippen molar-refractivity contribution < 1.29 is 33.8 Å². The zero-order valence-electron chi connectivity index (χ0n) is 14.4. The van der Waals surface area contributed by atoms with Crippen LogP contribution in [0.15, 0.2) is 11.0 Å². The highest BCUT2D eigenvalue weighted by Gasteiger charge is 2.40. The number of carbonyl (C=O) groups is 3. The van der Waals surface area contributed by atoms with Gasteiger partial charge < -0.3 is 14.2 Å². The van der Waals surface area contributed by atoms with Crippen LogP contribution in [-0.4, -0.2) is 51.3 Å². The Bertz CT molecular complexity index is 775. The Labute approximate surface area is 147 Å². The van der Waals surface area contributed by atoms with E-state index in [9.17, 15) is 19.2 Å². The van der Waals surface area contributed by atoms with Gasteiger partial charge in [-0.2, -0.15) is 4.98 Å². The molecule has 11 heteroatoms. The van der Waals surface area contributed by atoms with E-state index in [-0.39, 0.29) is 24.4 Å². The smallest absolute Gasteiger partial charge is 0.351 e. The van der Waals surface area contributed by atoms with E-state index in [2.05, 4.69) is 4.98 Å². The molecule has 0 unspecified atom stereocenters. The summed E-state index contributed by atoms with van der Waals surface area (Å²) in [6, 6.07) is 0. The highest BCUT2D eigenvalue weighted by molar-refractivity contribution is 5.98. The Morgan fingerprint density at radius 3 is 2.58 bits per heavy atom. The van der Waals surface area contributed by atoms with Gasteiger partial charge in [-0.15, -0.1) is 0 Å². The Kier molecular flexibility index (Phi) is 6.05. The second-order valence-corrected chi connectivity index (χ2v) is 5.68. The number of ketones is 1. The Morgan fingerprint density at radius 2 is 2.04 bits per heavy atom. The van der Waals surface area contributed by atoms with Crippen molar-refractivity contribution in [3.05, 3.63) is 22.2 Å². The third kappa shape index (κ3) is 4.43. The second kappa shape index (κ2) is 8.06. The maximum Gasteiger partial charge on any atom is 0.351 e. The Morgan fingerprint density at radius 1 is 1.35 bits per heavy atom. The van der Waals surface area contributed by atoms with E-state index in [0.29, 0.717) is 0 Å². The molecule has 11 nitrogen and oxygen atoms in total. The van der Waals surface area contributed by atoms with Crippen LogP contribution in [0, 0.1) is 0 Å². The van der Waals surface area contributed by atoms with E-state index < -0.39 is 41.8 Å². The maximum absolute atomic E-state index is 12.2. The first-order valence-corrected chi connectivity index (χ1v) is 7.73. The molecule has 3 atom stereocenters. The van der Waals surface area contributed by atoms with Crippen LogP contribution in [-0.2, 0) is 23.8 Å². The molecule has 0 amide bonds. The number of anilines is 1. The van der Waals surface area contributed by atoms with E-state index in [1.807, 2.05) is 0 Å². The molecule has 0 aromatic carbocycles. The molecule has 0 aliphatic carbocycles. The molecular weight excluding hydrogens is 350 g/mol. The molecule has 142 valence electrons. The molecule has 1 saturated heterocycles. The number of ether oxygens (including phenoxy) is 3. The molecule has 1 aliphatic heterocycles. The molecule has 0 spiro atoms. The van der Waals surface area contributed by atoms with E-state index in [4.69, 9.17) is 19.4 Å². The van der Waals surface area contributed by atoms with Crippen molar-refractivity contribution in [1.82, 2.24) is 9.55 Å². The van der Waals surface area contributed by atoms with E-state index in [0.717, 1.165) is 4.57 Å². The van der Waals surface area contributed by atoms with Crippen LogP contribution in [0.2, 0.25) is 0 Å². The average molecular weight is 369 g/mol. The predicted molar refractivity (Wildman–Crippen MR) is 84.6 cm³/mol. The van der Waals surface area contributed by atoms with Gasteiger partial charge in [0.2, 0.25) is 0 Å². The molecule has 0 radical (unpaired) electrons. The van der Waals surface area contributed by atoms with Crippen molar-refractivity contribution in [2.75, 3.05) is 12.1 Å². The molecule has 26 heavy (non-hydrogen) atoms. The predicted octanol–water partition coefficient (Wildman–Crippen LogP) is 0.0293. The molecule has 0 bridgehead atoms. The molecule has 2 N–H and O–H groups in total. The van der Waals surface area contributed by atoms with Crippen LogP contribution >= 0.6 is 0 Å². The monoisotopic (exact) mass is 369 g/mol. The fraction of sp³-hybridized carbons (Fsp3) is 0.533. The van der Waals surface area contributed by atoms with Gasteiger partial charge in [-0.3, -0.25) is 29.6 Å². The standard InChI is InChI=1S/C15H19N3O8/c1-7(19)10-5-18(15(22)16-14(10)17-23)13-4-11(25-9(3)21)12(26-13)6-24-8(2)20/h5,11-13,23H,4,6H2,1-3H3,(H,16,17,22)/t11-,12+,13+/m0/s1. The quantitative estimate of drug-likeness (QED) is 0.400. The average Bonchev–Trinajstić information content (AvgIpc) is 2.93. The van der Waals surface area contributed by atoms with Gasteiger partial charge in [0.15, 0.2) is 11.6 Å². The number of esters is 2. The van der Waals surface area contributed by atoms with Crippen LogP contribution in [0.25, 0.3) is 0 Å². The number of aromatic nitrogens is 2. The first-order valence-electron chi connectivity index (χ1n) is 7.73. The van der Waals surface area contributed by atoms with Crippen molar-refractivity contribution >= 4 is 23.5 Å². The molecule has 1 aliphatic rings. The number of rotatable bonds is 6. The summed E-state index contributed by atoms with van der Waals surface area (Å²) < 4.78 is 16.8. The van der Waals surface area contributed by atoms with Crippen molar-refractivity contribution in [2.24, 2.45) is 0 Å². The van der Waals surface area contributed by atoms with Crippen LogP contribution in [0.5, 0.6) is 0 Å². The molecule has 1 aromatic rings. The van der Waals surface area contributed by atoms with Gasteiger partial charge in [-0.05, 0) is 6.92 Å². The lowest BCUT2D eigenvalue weighted by atomic mass is 10.2. The van der Waals surface area contributed by atoms with Gasteiger partial charge in [-0.1, -0.05) is 0 Å². The van der Waals surface area contributed by atoms with Gasteiger partial charge in [0.05, 0.1) is 5.56 Å². The van der Waals surface area contributed by atoms with Gasteiger partial charge >= 0.3 is 17.6 Å². The summed E-state index contributed by atoms with van der Waals surface area (Å²) in [5, 5.41) is 9.00. The third-order valence-corrected chi connectivity index (χ3v) is 3.70. The van der Waals surface area contributed by atoms with Crippen molar-refractivity contribution in [3.8, 4) is 0 Å². The second-order valence-electron chi connectivity index (χ2n) is 5.68. The Balaban J connectivity index is 2.31. The van der Waals surface area contributed by atoms with E-state index in [1.165, 1.54) is 27.0 Å². The lowest BCUT2D eigenvalue weighted by molar-refractivity contribution is -0.155. The largest absolute Gasteiger partial charge is 0.463 e. The summed E-state index contributed by atoms with van der Waals surface area (Å²) >= 11 is 0. The lowest BCUT2D eigenvalue weighted by Crippen LogP contribution is -2.31. The van der Waals surface area contributed by atoms with Gasteiger partial charge in [0.1, 0.15) is 25.0 Å². The summed E-state index contributed by atoms with van der Waals surface area (Å²) in [5.41, 5.74) is 0.888. The lowest BCUT2D eigenvalue weighted by Gasteiger charge is -2.18. The van der Waals surface area contributed by atoms with Gasteiger partial charge in [0, 0.05) is 26.5 Å². The molecule has 2 heterocycles. The molecule has 1 fully saturated rings. The minimum Gasteiger partial charge on any atom is -0.463 e. The summed E-state index contributed by atoms with van der Waals surface area (Å²) in [6.07, 6.45) is -1.14. The number of nitrogens with zero attached hydrogens (tertiary/aromatic N) is 2. The van der Waals surface area contributed by atoms with Crippen molar-refractivity contribution in [2.45, 2.75) is 45.6 Å². The number of hydrogen-bond donors (Lipinski definition) is 2. The van der Waals surface area contributed by atoms with E-state index >= 15 is 0 Å². The van der Waals surface area contributed by atoms with Crippen LogP contribution in [0.3, 0.4) is 0 Å². The topological polar surface area (TPSA) is 146 Å². The number of nitrogens with one attached hydrogen (secondary N) is 1. The maximum atomic E-state index is 12.2. The highest BCUT2D eigenvalue weighted by Crippen LogP contribution is 2.31. The third-order valence-electron chi connectivity index (χ3n) is 3.70. The van der Waals surface area contributed by atoms with Crippen molar-refractivity contribution in [3.63, 3.8) is 0 Å². The fourth-order valence-corrected chi connectivity index (χ4v) is 2.58. The number of hydrogen-bond acceptors (Lipinski definition) is 10. The fourth-order valence-electron chi connectivity index (χ4n) is 2.58. The van der Waals surface area contributed by atoms with Crippen LogP contribution in [0.1, 0.15) is 43.8 Å². The minimum absolute atomic E-state index is 0.0248. The van der Waals surface area contributed by atoms with Crippen LogP contribution < -0.4 is 11.2 Å². The van der Waals surface area contributed by atoms with E-state index in [1.54, 1.807) is 5.48 Å². The number of Topliss-reactive ketones (excluding diaryl/α,β-unsaturated/α-hetero) is 1. The highest BCUT2D eigenvalue weighted by atomic mass is 16.6. The first-order chi connectivity index (χ1) is 12.2. The first kappa shape index (κ1) is 19.5. The normalized spacial score (nSPS) is 21.9. The van der Waals surface area contributed by atoms with Crippen LogP contribution in [0.4, 0.5) is 5.82 Å². The molecule has 2 rings (SSSR count). The zero-order valence-corrected chi connectivity index (χ0v) is 14.4. The number of carbonyl (C=O) groups excluding carboxylic acids is 3. The SMILES string of the molecule is CC(=O)OC[C@H]1O[C@@H](n2cc(C(C)=O)c(NO)nc2=O)C[C@@H]1OC(C)=O. The zero-order chi connectivity index (χ0) is 19.4. The minimum atomic E-state index is -0.897. The summed E-state index contributed by atoms with van der Waals surface area (Å²) in [6.45, 7) is 3.52. The molecular formula is C15H19N3O8. The summed E-state index contributed by atoms with van der Waals surface area (Å²) in [5.74, 6) is -1.80.